The lowest BCUT2D eigenvalue weighted by atomic mass is 10.1. The first kappa shape index (κ1) is 13.2. The van der Waals surface area contributed by atoms with Gasteiger partial charge in [-0.2, -0.15) is 0 Å². The van der Waals surface area contributed by atoms with Crippen LogP contribution in [0.4, 0.5) is 0 Å². The van der Waals surface area contributed by atoms with E-state index >= 15 is 0 Å². The summed E-state index contributed by atoms with van der Waals surface area (Å²) < 4.78 is 2.03. The summed E-state index contributed by atoms with van der Waals surface area (Å²) in [5.41, 5.74) is 2.69. The number of nitrogens with one attached hydrogen (secondary N) is 1. The summed E-state index contributed by atoms with van der Waals surface area (Å²) in [6, 6.07) is 6.59. The molecule has 1 aromatic carbocycles. The molecule has 0 aliphatic heterocycles. The van der Waals surface area contributed by atoms with E-state index < -0.39 is 0 Å². The van der Waals surface area contributed by atoms with Crippen molar-refractivity contribution in [3.05, 3.63) is 41.7 Å². The Morgan fingerprint density at radius 2 is 2.22 bits per heavy atom. The molecule has 2 rings (SSSR count). The number of aromatic nitrogens is 2. The first-order valence-corrected chi connectivity index (χ1v) is 6.97. The molecule has 0 fully saturated rings. The third-order valence-corrected chi connectivity index (χ3v) is 3.93. The average molecular weight is 261 g/mol. The molecular weight excluding hydrogens is 242 g/mol. The second kappa shape index (κ2) is 6.07. The van der Waals surface area contributed by atoms with E-state index in [4.69, 9.17) is 0 Å². The van der Waals surface area contributed by atoms with Gasteiger partial charge in [0.1, 0.15) is 0 Å². The van der Waals surface area contributed by atoms with Gasteiger partial charge in [0, 0.05) is 30.9 Å². The fourth-order valence-electron chi connectivity index (χ4n) is 1.75. The molecule has 4 heteroatoms. The van der Waals surface area contributed by atoms with Crippen LogP contribution in [0.1, 0.15) is 18.1 Å². The maximum Gasteiger partial charge on any atom is 0.172 e. The number of hydrogen-bond acceptors (Lipinski definition) is 3. The van der Waals surface area contributed by atoms with Crippen molar-refractivity contribution in [2.45, 2.75) is 30.4 Å². The van der Waals surface area contributed by atoms with E-state index in [2.05, 4.69) is 42.3 Å². The highest BCUT2D eigenvalue weighted by Gasteiger charge is 2.04. The number of imidazole rings is 1. The molecule has 0 atom stereocenters. The Morgan fingerprint density at radius 3 is 2.83 bits per heavy atom. The number of rotatable bonds is 5. The van der Waals surface area contributed by atoms with Gasteiger partial charge in [-0.05, 0) is 36.7 Å². The average Bonchev–Trinajstić information content (AvgIpc) is 2.74. The zero-order valence-electron chi connectivity index (χ0n) is 11.1. The molecule has 1 N–H and O–H groups in total. The monoisotopic (exact) mass is 261 g/mol. The maximum absolute atomic E-state index is 4.33. The van der Waals surface area contributed by atoms with Gasteiger partial charge >= 0.3 is 0 Å². The standard InChI is InChI=1S/C14H19N3S/c1-4-15-10-12-5-6-13(9-11(12)2)18-14-16-7-8-17(14)3/h5-9,15H,4,10H2,1-3H3. The lowest BCUT2D eigenvalue weighted by molar-refractivity contribution is 0.723. The zero-order chi connectivity index (χ0) is 13.0. The molecule has 0 saturated carbocycles. The van der Waals surface area contributed by atoms with E-state index in [9.17, 15) is 0 Å². The lowest BCUT2D eigenvalue weighted by Crippen LogP contribution is -2.12. The van der Waals surface area contributed by atoms with Gasteiger partial charge < -0.3 is 9.88 Å². The number of nitrogens with zero attached hydrogens (tertiary/aromatic N) is 2. The molecule has 96 valence electrons. The Kier molecular flexibility index (Phi) is 4.44. The van der Waals surface area contributed by atoms with Crippen molar-refractivity contribution < 1.29 is 0 Å². The third-order valence-electron chi connectivity index (χ3n) is 2.87. The Morgan fingerprint density at radius 1 is 1.39 bits per heavy atom. The van der Waals surface area contributed by atoms with E-state index in [1.54, 1.807) is 11.8 Å². The summed E-state index contributed by atoms with van der Waals surface area (Å²) in [6.07, 6.45) is 3.80. The van der Waals surface area contributed by atoms with Crippen molar-refractivity contribution in [2.75, 3.05) is 6.54 Å². The first-order chi connectivity index (χ1) is 8.70. The fraction of sp³-hybridized carbons (Fsp3) is 0.357. The third kappa shape index (κ3) is 3.15. The minimum Gasteiger partial charge on any atom is -0.329 e. The van der Waals surface area contributed by atoms with Gasteiger partial charge in [0.15, 0.2) is 5.16 Å². The molecule has 3 nitrogen and oxygen atoms in total. The Bertz CT molecular complexity index is 520. The van der Waals surface area contributed by atoms with Gasteiger partial charge in [-0.3, -0.25) is 0 Å². The van der Waals surface area contributed by atoms with Crippen molar-refractivity contribution in [1.82, 2.24) is 14.9 Å². The molecule has 0 amide bonds. The molecular formula is C14H19N3S. The van der Waals surface area contributed by atoms with Crippen LogP contribution in [0.2, 0.25) is 0 Å². The molecule has 2 aromatic rings. The summed E-state index contributed by atoms with van der Waals surface area (Å²) in [5.74, 6) is 0. The first-order valence-electron chi connectivity index (χ1n) is 6.16. The Hall–Kier alpha value is -1.26. The van der Waals surface area contributed by atoms with Crippen molar-refractivity contribution in [2.24, 2.45) is 7.05 Å². The van der Waals surface area contributed by atoms with Crippen molar-refractivity contribution >= 4 is 11.8 Å². The highest BCUT2D eigenvalue weighted by molar-refractivity contribution is 7.99. The molecule has 18 heavy (non-hydrogen) atoms. The van der Waals surface area contributed by atoms with E-state index in [1.165, 1.54) is 16.0 Å². The molecule has 1 aromatic heterocycles. The Labute approximate surface area is 113 Å². The molecule has 0 bridgehead atoms. The highest BCUT2D eigenvalue weighted by Crippen LogP contribution is 2.27. The van der Waals surface area contributed by atoms with Gasteiger partial charge in [-0.25, -0.2) is 4.98 Å². The summed E-state index contributed by atoms with van der Waals surface area (Å²) in [5, 5.41) is 4.38. The molecule has 0 aliphatic carbocycles. The van der Waals surface area contributed by atoms with Gasteiger partial charge in [-0.15, -0.1) is 0 Å². The van der Waals surface area contributed by atoms with Crippen LogP contribution in [-0.4, -0.2) is 16.1 Å². The predicted octanol–water partition coefficient (Wildman–Crippen LogP) is 2.99. The summed E-state index contributed by atoms with van der Waals surface area (Å²) in [6.45, 7) is 6.23. The lowest BCUT2D eigenvalue weighted by Gasteiger charge is -2.08. The molecule has 1 heterocycles. The predicted molar refractivity (Wildman–Crippen MR) is 75.9 cm³/mol. The molecule has 0 aliphatic rings. The number of aryl methyl sites for hydroxylation is 2. The Balaban J connectivity index is 2.11. The largest absolute Gasteiger partial charge is 0.329 e. The minimum atomic E-state index is 0.940. The quantitative estimate of drug-likeness (QED) is 0.897. The summed E-state index contributed by atoms with van der Waals surface area (Å²) in [4.78, 5) is 5.56. The SMILES string of the molecule is CCNCc1ccc(Sc2nccn2C)cc1C. The highest BCUT2D eigenvalue weighted by atomic mass is 32.2. The minimum absolute atomic E-state index is 0.940. The number of hydrogen-bond donors (Lipinski definition) is 1. The van der Waals surface area contributed by atoms with Gasteiger partial charge in [-0.1, -0.05) is 24.8 Å². The van der Waals surface area contributed by atoms with Crippen molar-refractivity contribution in [3.8, 4) is 0 Å². The molecule has 0 unspecified atom stereocenters. The van der Waals surface area contributed by atoms with E-state index in [-0.39, 0.29) is 0 Å². The second-order valence-corrected chi connectivity index (χ2v) is 5.33. The van der Waals surface area contributed by atoms with E-state index in [1.807, 2.05) is 24.0 Å². The topological polar surface area (TPSA) is 29.9 Å². The molecule has 0 saturated heterocycles. The van der Waals surface area contributed by atoms with Gasteiger partial charge in [0.2, 0.25) is 0 Å². The van der Waals surface area contributed by atoms with Crippen LogP contribution in [0, 0.1) is 6.92 Å². The van der Waals surface area contributed by atoms with Crippen molar-refractivity contribution in [3.63, 3.8) is 0 Å². The van der Waals surface area contributed by atoms with Crippen LogP contribution in [0.3, 0.4) is 0 Å². The zero-order valence-corrected chi connectivity index (χ0v) is 11.9. The second-order valence-electron chi connectivity index (χ2n) is 4.29. The van der Waals surface area contributed by atoms with Crippen LogP contribution < -0.4 is 5.32 Å². The van der Waals surface area contributed by atoms with Gasteiger partial charge in [0.05, 0.1) is 0 Å². The van der Waals surface area contributed by atoms with Crippen molar-refractivity contribution in [1.29, 1.82) is 0 Å². The molecule has 0 spiro atoms. The van der Waals surface area contributed by atoms with E-state index in [0.29, 0.717) is 0 Å². The van der Waals surface area contributed by atoms with Crippen LogP contribution >= 0.6 is 11.8 Å². The molecule has 0 radical (unpaired) electrons. The van der Waals surface area contributed by atoms with Crippen LogP contribution in [-0.2, 0) is 13.6 Å². The summed E-state index contributed by atoms with van der Waals surface area (Å²) >= 11 is 1.70. The maximum atomic E-state index is 4.33. The fourth-order valence-corrected chi connectivity index (χ4v) is 2.65. The van der Waals surface area contributed by atoms with Crippen LogP contribution in [0.25, 0.3) is 0 Å². The van der Waals surface area contributed by atoms with E-state index in [0.717, 1.165) is 18.2 Å². The smallest absolute Gasteiger partial charge is 0.172 e. The number of benzene rings is 1. The van der Waals surface area contributed by atoms with Crippen LogP contribution in [0.15, 0.2) is 40.6 Å². The van der Waals surface area contributed by atoms with Crippen LogP contribution in [0.5, 0.6) is 0 Å². The normalized spacial score (nSPS) is 10.8. The van der Waals surface area contributed by atoms with Gasteiger partial charge in [0.25, 0.3) is 0 Å². The summed E-state index contributed by atoms with van der Waals surface area (Å²) in [7, 11) is 2.02.